The molecule has 5 nitrogen and oxygen atoms in total. The van der Waals surface area contributed by atoms with Gasteiger partial charge >= 0.3 is 12.0 Å². The predicted molar refractivity (Wildman–Crippen MR) is 75.9 cm³/mol. The average molecular weight is 329 g/mol. The highest BCUT2D eigenvalue weighted by molar-refractivity contribution is 9.10. The van der Waals surface area contributed by atoms with Crippen LogP contribution in [0.2, 0.25) is 0 Å². The molecule has 0 heterocycles. The molecule has 6 heteroatoms. The molecule has 0 aliphatic carbocycles. The normalized spacial score (nSPS) is 10.9. The minimum atomic E-state index is -1.25. The summed E-state index contributed by atoms with van der Waals surface area (Å²) in [5.74, 6) is -1.05. The number of likely N-dealkylation sites (N-methyl/N-ethyl adjacent to an activating group) is 1. The van der Waals surface area contributed by atoms with E-state index < -0.39 is 17.5 Å². The SMILES string of the molecule is CN(C(=O)NCc1cccc(Br)c1)C(C)(C)C(=O)O. The third-order valence-electron chi connectivity index (χ3n) is 3.00. The number of nitrogens with one attached hydrogen (secondary N) is 1. The van der Waals surface area contributed by atoms with Gasteiger partial charge in [0.05, 0.1) is 0 Å². The fourth-order valence-electron chi connectivity index (χ4n) is 1.34. The van der Waals surface area contributed by atoms with Crippen LogP contribution in [0, 0.1) is 0 Å². The van der Waals surface area contributed by atoms with Crippen LogP contribution in [0.4, 0.5) is 4.79 Å². The number of benzene rings is 1. The largest absolute Gasteiger partial charge is 0.480 e. The first-order valence-corrected chi connectivity index (χ1v) is 6.54. The minimum Gasteiger partial charge on any atom is -0.480 e. The van der Waals surface area contributed by atoms with Crippen molar-refractivity contribution in [1.82, 2.24) is 10.2 Å². The van der Waals surface area contributed by atoms with Gasteiger partial charge in [0.15, 0.2) is 0 Å². The van der Waals surface area contributed by atoms with Gasteiger partial charge in [-0.05, 0) is 31.5 Å². The summed E-state index contributed by atoms with van der Waals surface area (Å²) < 4.78 is 0.929. The van der Waals surface area contributed by atoms with Gasteiger partial charge in [-0.15, -0.1) is 0 Å². The van der Waals surface area contributed by atoms with E-state index in [1.807, 2.05) is 24.3 Å². The molecule has 0 radical (unpaired) electrons. The number of halogens is 1. The predicted octanol–water partition coefficient (Wildman–Crippen LogP) is 2.45. The maximum atomic E-state index is 11.9. The first kappa shape index (κ1) is 15.5. The molecule has 0 unspecified atom stereocenters. The van der Waals surface area contributed by atoms with E-state index in [1.165, 1.54) is 25.8 Å². The molecule has 0 aromatic heterocycles. The number of nitrogens with zero attached hydrogens (tertiary/aromatic N) is 1. The van der Waals surface area contributed by atoms with Crippen molar-refractivity contribution in [1.29, 1.82) is 0 Å². The third-order valence-corrected chi connectivity index (χ3v) is 3.49. The lowest BCUT2D eigenvalue weighted by Crippen LogP contribution is -2.53. The number of amides is 2. The zero-order valence-corrected chi connectivity index (χ0v) is 12.7. The molecule has 19 heavy (non-hydrogen) atoms. The Morgan fingerprint density at radius 3 is 2.58 bits per heavy atom. The number of carbonyl (C=O) groups excluding carboxylic acids is 1. The van der Waals surface area contributed by atoms with E-state index >= 15 is 0 Å². The van der Waals surface area contributed by atoms with E-state index in [9.17, 15) is 9.59 Å². The smallest absolute Gasteiger partial charge is 0.329 e. The lowest BCUT2D eigenvalue weighted by atomic mass is 10.1. The van der Waals surface area contributed by atoms with Gasteiger partial charge in [-0.3, -0.25) is 0 Å². The van der Waals surface area contributed by atoms with Gasteiger partial charge in [0.25, 0.3) is 0 Å². The Bertz CT molecular complexity index is 489. The maximum absolute atomic E-state index is 11.9. The molecule has 0 spiro atoms. The number of carboxylic acids is 1. The van der Waals surface area contributed by atoms with E-state index in [0.717, 1.165) is 10.0 Å². The average Bonchev–Trinajstić information content (AvgIpc) is 2.34. The standard InChI is InChI=1S/C13H17BrN2O3/c1-13(2,11(17)18)16(3)12(19)15-8-9-5-4-6-10(14)7-9/h4-7H,8H2,1-3H3,(H,15,19)(H,17,18). The van der Waals surface area contributed by atoms with Gasteiger partial charge < -0.3 is 15.3 Å². The molecule has 0 saturated heterocycles. The summed E-state index contributed by atoms with van der Waals surface area (Å²) in [5.41, 5.74) is -0.314. The molecule has 2 N–H and O–H groups in total. The van der Waals surface area contributed by atoms with Gasteiger partial charge in [0.1, 0.15) is 5.54 Å². The van der Waals surface area contributed by atoms with Gasteiger partial charge in [0, 0.05) is 18.1 Å². The second-order valence-electron chi connectivity index (χ2n) is 4.71. The molecule has 0 aliphatic heterocycles. The number of carbonyl (C=O) groups is 2. The molecular formula is C13H17BrN2O3. The molecule has 0 fully saturated rings. The molecule has 1 aromatic carbocycles. The lowest BCUT2D eigenvalue weighted by molar-refractivity contribution is -0.146. The van der Waals surface area contributed by atoms with Crippen LogP contribution in [0.1, 0.15) is 19.4 Å². The second-order valence-corrected chi connectivity index (χ2v) is 5.63. The molecule has 104 valence electrons. The molecule has 1 rings (SSSR count). The van der Waals surface area contributed by atoms with Crippen LogP contribution >= 0.6 is 15.9 Å². The fraction of sp³-hybridized carbons (Fsp3) is 0.385. The number of hydrogen-bond acceptors (Lipinski definition) is 2. The lowest BCUT2D eigenvalue weighted by Gasteiger charge is -2.31. The Balaban J connectivity index is 2.63. The summed E-state index contributed by atoms with van der Waals surface area (Å²) in [6.45, 7) is 3.31. The first-order chi connectivity index (χ1) is 8.75. The Kier molecular flexibility index (Phi) is 4.94. The summed E-state index contributed by atoms with van der Waals surface area (Å²) in [6, 6.07) is 7.12. The number of rotatable bonds is 4. The Morgan fingerprint density at radius 1 is 1.42 bits per heavy atom. The number of carboxylic acid groups (broad SMARTS) is 1. The Labute approximate surface area is 120 Å². The van der Waals surface area contributed by atoms with Crippen molar-refractivity contribution in [2.75, 3.05) is 7.05 Å². The summed E-state index contributed by atoms with van der Waals surface area (Å²) in [4.78, 5) is 24.1. The van der Waals surface area contributed by atoms with Crippen LogP contribution < -0.4 is 5.32 Å². The van der Waals surface area contributed by atoms with Crippen LogP contribution in [-0.2, 0) is 11.3 Å². The van der Waals surface area contributed by atoms with Crippen LogP contribution in [0.25, 0.3) is 0 Å². The van der Waals surface area contributed by atoms with Gasteiger partial charge in [-0.1, -0.05) is 28.1 Å². The fourth-order valence-corrected chi connectivity index (χ4v) is 1.79. The van der Waals surface area contributed by atoms with Crippen molar-refractivity contribution < 1.29 is 14.7 Å². The van der Waals surface area contributed by atoms with E-state index in [1.54, 1.807) is 0 Å². The molecule has 0 atom stereocenters. The van der Waals surface area contributed by atoms with E-state index in [-0.39, 0.29) is 0 Å². The zero-order chi connectivity index (χ0) is 14.6. The first-order valence-electron chi connectivity index (χ1n) is 5.74. The van der Waals surface area contributed by atoms with Gasteiger partial charge in [0.2, 0.25) is 0 Å². The zero-order valence-electron chi connectivity index (χ0n) is 11.1. The number of hydrogen-bond donors (Lipinski definition) is 2. The van der Waals surface area contributed by atoms with Crippen molar-refractivity contribution in [2.45, 2.75) is 25.9 Å². The number of urea groups is 1. The van der Waals surface area contributed by atoms with Crippen molar-refractivity contribution in [2.24, 2.45) is 0 Å². The van der Waals surface area contributed by atoms with E-state index in [4.69, 9.17) is 5.11 Å². The van der Waals surface area contributed by atoms with Crippen LogP contribution in [0.3, 0.4) is 0 Å². The van der Waals surface area contributed by atoms with Crippen molar-refractivity contribution in [3.05, 3.63) is 34.3 Å². The molecule has 0 aliphatic rings. The molecular weight excluding hydrogens is 312 g/mol. The molecule has 0 saturated carbocycles. The summed E-state index contributed by atoms with van der Waals surface area (Å²) in [7, 11) is 1.46. The molecule has 0 bridgehead atoms. The van der Waals surface area contributed by atoms with Crippen molar-refractivity contribution >= 4 is 27.9 Å². The monoisotopic (exact) mass is 328 g/mol. The highest BCUT2D eigenvalue weighted by Crippen LogP contribution is 2.14. The number of aliphatic carboxylic acids is 1. The van der Waals surface area contributed by atoms with Gasteiger partial charge in [-0.25, -0.2) is 9.59 Å². The highest BCUT2D eigenvalue weighted by atomic mass is 79.9. The summed E-state index contributed by atoms with van der Waals surface area (Å²) >= 11 is 3.35. The Morgan fingerprint density at radius 2 is 2.05 bits per heavy atom. The maximum Gasteiger partial charge on any atom is 0.329 e. The summed E-state index contributed by atoms with van der Waals surface area (Å²) in [6.07, 6.45) is 0. The van der Waals surface area contributed by atoms with Crippen molar-refractivity contribution in [3.8, 4) is 0 Å². The molecule has 1 aromatic rings. The second kappa shape index (κ2) is 6.06. The van der Waals surface area contributed by atoms with Gasteiger partial charge in [-0.2, -0.15) is 0 Å². The topological polar surface area (TPSA) is 69.6 Å². The third kappa shape index (κ3) is 3.96. The van der Waals surface area contributed by atoms with E-state index in [2.05, 4.69) is 21.2 Å². The Hall–Kier alpha value is -1.56. The quantitative estimate of drug-likeness (QED) is 0.891. The highest BCUT2D eigenvalue weighted by Gasteiger charge is 2.35. The van der Waals surface area contributed by atoms with Crippen LogP contribution in [-0.4, -0.2) is 34.6 Å². The van der Waals surface area contributed by atoms with E-state index in [0.29, 0.717) is 6.54 Å². The summed E-state index contributed by atoms with van der Waals surface area (Å²) in [5, 5.41) is 11.7. The molecule has 2 amide bonds. The van der Waals surface area contributed by atoms with Crippen LogP contribution in [0.5, 0.6) is 0 Å². The minimum absolute atomic E-state index is 0.346. The van der Waals surface area contributed by atoms with Crippen molar-refractivity contribution in [3.63, 3.8) is 0 Å². The van der Waals surface area contributed by atoms with Crippen LogP contribution in [0.15, 0.2) is 28.7 Å².